The van der Waals surface area contributed by atoms with Gasteiger partial charge in [-0.2, -0.15) is 0 Å². The summed E-state index contributed by atoms with van der Waals surface area (Å²) in [6.07, 6.45) is 4.78. The maximum Gasteiger partial charge on any atom is 0.270 e. The fourth-order valence-corrected chi connectivity index (χ4v) is 8.54. The van der Waals surface area contributed by atoms with Crippen molar-refractivity contribution < 1.29 is 13.2 Å². The third-order valence-electron chi connectivity index (χ3n) is 8.31. The van der Waals surface area contributed by atoms with Gasteiger partial charge in [0.15, 0.2) is 0 Å². The molecule has 1 aliphatic heterocycles. The highest BCUT2D eigenvalue weighted by Gasteiger charge is 2.61. The van der Waals surface area contributed by atoms with Gasteiger partial charge in [0.05, 0.1) is 16.0 Å². The zero-order valence-corrected chi connectivity index (χ0v) is 22.0. The molecule has 4 nitrogen and oxygen atoms in total. The van der Waals surface area contributed by atoms with Crippen LogP contribution in [0.2, 0.25) is 5.02 Å². The summed E-state index contributed by atoms with van der Waals surface area (Å²) in [4.78, 5) is 14.5. The SMILES string of the molecule is Cc1ccc(C2=C3c4cc(Cl)ccc4N(S(=O)(=O)c4ccccc4)C(=O)C3(C)CC23CCCC3)cc1. The molecule has 1 fully saturated rings. The number of hydrogen-bond acceptors (Lipinski definition) is 3. The first-order valence-electron chi connectivity index (χ1n) is 12.4. The standard InChI is InChI=1S/C30H28ClNO3S/c1-20-10-12-21(13-11-20)26-27-24-18-22(31)14-15-25(24)32(36(34,35)23-8-4-3-5-9-23)28(33)29(27,2)19-30(26)16-6-7-17-30/h3-5,8-15,18H,6-7,16-17,19H2,1-2H3. The molecule has 1 amide bonds. The number of carbonyl (C=O) groups is 1. The van der Waals surface area contributed by atoms with Gasteiger partial charge in [0.25, 0.3) is 15.9 Å². The fourth-order valence-electron chi connectivity index (χ4n) is 6.81. The van der Waals surface area contributed by atoms with Crippen LogP contribution in [0.15, 0.2) is 77.7 Å². The Balaban J connectivity index is 1.68. The van der Waals surface area contributed by atoms with E-state index >= 15 is 0 Å². The number of hydrogen-bond donors (Lipinski definition) is 0. The average molecular weight is 518 g/mol. The van der Waals surface area contributed by atoms with E-state index in [4.69, 9.17) is 11.6 Å². The van der Waals surface area contributed by atoms with Crippen LogP contribution in [0.1, 0.15) is 55.7 Å². The molecule has 1 spiro atoms. The van der Waals surface area contributed by atoms with Gasteiger partial charge >= 0.3 is 0 Å². The van der Waals surface area contributed by atoms with E-state index in [0.717, 1.165) is 46.7 Å². The van der Waals surface area contributed by atoms with Crippen LogP contribution < -0.4 is 4.31 Å². The molecule has 2 aliphatic carbocycles. The predicted octanol–water partition coefficient (Wildman–Crippen LogP) is 7.27. The highest BCUT2D eigenvalue weighted by molar-refractivity contribution is 7.93. The maximum atomic E-state index is 14.4. The smallest absolute Gasteiger partial charge is 0.270 e. The van der Waals surface area contributed by atoms with Gasteiger partial charge in [0.2, 0.25) is 0 Å². The van der Waals surface area contributed by atoms with E-state index in [1.54, 1.807) is 30.3 Å². The van der Waals surface area contributed by atoms with E-state index in [9.17, 15) is 13.2 Å². The van der Waals surface area contributed by atoms with Crippen molar-refractivity contribution in [3.63, 3.8) is 0 Å². The minimum Gasteiger partial charge on any atom is -0.272 e. The summed E-state index contributed by atoms with van der Waals surface area (Å²) in [5.74, 6) is -0.385. The van der Waals surface area contributed by atoms with Gasteiger partial charge in [-0.15, -0.1) is 0 Å². The first-order chi connectivity index (χ1) is 17.2. The van der Waals surface area contributed by atoms with Crippen molar-refractivity contribution in [1.29, 1.82) is 0 Å². The number of fused-ring (bicyclic) bond motifs is 3. The first kappa shape index (κ1) is 23.5. The maximum absolute atomic E-state index is 14.4. The Morgan fingerprint density at radius 3 is 2.22 bits per heavy atom. The number of carbonyl (C=O) groups excluding carboxylic acids is 1. The zero-order chi connectivity index (χ0) is 25.3. The molecule has 0 N–H and O–H groups in total. The van der Waals surface area contributed by atoms with E-state index < -0.39 is 15.4 Å². The van der Waals surface area contributed by atoms with Crippen molar-refractivity contribution in [2.24, 2.45) is 10.8 Å². The molecule has 6 rings (SSSR count). The van der Waals surface area contributed by atoms with Crippen molar-refractivity contribution in [2.75, 3.05) is 4.31 Å². The summed E-state index contributed by atoms with van der Waals surface area (Å²) in [5.41, 5.74) is 4.38. The largest absolute Gasteiger partial charge is 0.272 e. The molecule has 0 aromatic heterocycles. The normalized spacial score (nSPS) is 22.8. The number of nitrogens with zero attached hydrogens (tertiary/aromatic N) is 1. The average Bonchev–Trinajstić information content (AvgIpc) is 3.43. The molecule has 1 atom stereocenters. The van der Waals surface area contributed by atoms with E-state index in [1.807, 2.05) is 13.0 Å². The van der Waals surface area contributed by atoms with Crippen molar-refractivity contribution in [1.82, 2.24) is 0 Å². The number of amides is 1. The summed E-state index contributed by atoms with van der Waals surface area (Å²) in [7, 11) is -4.12. The fraction of sp³-hybridized carbons (Fsp3) is 0.300. The summed E-state index contributed by atoms with van der Waals surface area (Å²) in [6, 6.07) is 21.9. The lowest BCUT2D eigenvalue weighted by atomic mass is 9.72. The predicted molar refractivity (Wildman–Crippen MR) is 144 cm³/mol. The van der Waals surface area contributed by atoms with Crippen LogP contribution in [0.25, 0.3) is 11.1 Å². The van der Waals surface area contributed by atoms with E-state index in [0.29, 0.717) is 17.1 Å². The molecule has 36 heavy (non-hydrogen) atoms. The Morgan fingerprint density at radius 1 is 0.889 bits per heavy atom. The number of sulfonamides is 1. The minimum atomic E-state index is -4.12. The topological polar surface area (TPSA) is 54.5 Å². The van der Waals surface area contributed by atoms with Gasteiger partial charge in [-0.25, -0.2) is 12.7 Å². The molecular formula is C30H28ClNO3S. The van der Waals surface area contributed by atoms with Gasteiger partial charge in [-0.05, 0) is 85.6 Å². The molecule has 1 saturated carbocycles. The second kappa shape index (κ2) is 8.06. The Bertz CT molecular complexity index is 1520. The van der Waals surface area contributed by atoms with Crippen LogP contribution in [0.4, 0.5) is 5.69 Å². The number of rotatable bonds is 3. The molecule has 3 aromatic rings. The first-order valence-corrected chi connectivity index (χ1v) is 14.3. The summed E-state index contributed by atoms with van der Waals surface area (Å²) >= 11 is 6.52. The second-order valence-corrected chi connectivity index (χ2v) is 12.9. The zero-order valence-electron chi connectivity index (χ0n) is 20.4. The van der Waals surface area contributed by atoms with Gasteiger partial charge < -0.3 is 0 Å². The van der Waals surface area contributed by atoms with Crippen LogP contribution in [0.3, 0.4) is 0 Å². The number of anilines is 1. The van der Waals surface area contributed by atoms with E-state index in [-0.39, 0.29) is 16.2 Å². The van der Waals surface area contributed by atoms with Gasteiger partial charge in [-0.1, -0.05) is 72.5 Å². The van der Waals surface area contributed by atoms with Gasteiger partial charge in [-0.3, -0.25) is 4.79 Å². The van der Waals surface area contributed by atoms with Crippen LogP contribution in [-0.4, -0.2) is 14.3 Å². The van der Waals surface area contributed by atoms with E-state index in [1.165, 1.54) is 23.3 Å². The lowest BCUT2D eigenvalue weighted by Crippen LogP contribution is -2.49. The molecule has 6 heteroatoms. The monoisotopic (exact) mass is 517 g/mol. The Morgan fingerprint density at radius 2 is 1.56 bits per heavy atom. The Hall–Kier alpha value is -2.89. The van der Waals surface area contributed by atoms with Crippen LogP contribution in [0, 0.1) is 17.8 Å². The molecule has 3 aromatic carbocycles. The molecule has 3 aliphatic rings. The van der Waals surface area contributed by atoms with Crippen molar-refractivity contribution in [3.05, 3.63) is 94.5 Å². The lowest BCUT2D eigenvalue weighted by molar-refractivity contribution is -0.124. The highest BCUT2D eigenvalue weighted by atomic mass is 35.5. The molecule has 0 saturated heterocycles. The van der Waals surface area contributed by atoms with Crippen LogP contribution in [-0.2, 0) is 14.8 Å². The second-order valence-electron chi connectivity index (χ2n) is 10.7. The van der Waals surface area contributed by atoms with Crippen LogP contribution in [0.5, 0.6) is 0 Å². The van der Waals surface area contributed by atoms with Crippen molar-refractivity contribution >= 4 is 44.4 Å². The molecule has 1 heterocycles. The summed E-state index contributed by atoms with van der Waals surface area (Å²) < 4.78 is 28.9. The number of benzene rings is 3. The minimum absolute atomic E-state index is 0.0996. The summed E-state index contributed by atoms with van der Waals surface area (Å²) in [5, 5.41) is 0.519. The third kappa shape index (κ3) is 3.25. The molecule has 184 valence electrons. The lowest BCUT2D eigenvalue weighted by Gasteiger charge is -2.40. The van der Waals surface area contributed by atoms with Crippen LogP contribution >= 0.6 is 11.6 Å². The number of halogens is 1. The molecule has 1 unspecified atom stereocenters. The quantitative estimate of drug-likeness (QED) is 0.367. The molecular weight excluding hydrogens is 490 g/mol. The van der Waals surface area contributed by atoms with Gasteiger partial charge in [0, 0.05) is 10.6 Å². The molecule has 0 bridgehead atoms. The Kier molecular flexibility index (Phi) is 5.26. The van der Waals surface area contributed by atoms with Crippen molar-refractivity contribution in [2.45, 2.75) is 50.8 Å². The number of aryl methyl sites for hydroxylation is 1. The van der Waals surface area contributed by atoms with E-state index in [2.05, 4.69) is 31.2 Å². The van der Waals surface area contributed by atoms with Gasteiger partial charge in [0.1, 0.15) is 0 Å². The third-order valence-corrected chi connectivity index (χ3v) is 10.3. The molecule has 0 radical (unpaired) electrons. The number of allylic oxidation sites excluding steroid dienone is 1. The summed E-state index contributed by atoms with van der Waals surface area (Å²) in [6.45, 7) is 4.00. The Labute approximate surface area is 217 Å². The van der Waals surface area contributed by atoms with Crippen molar-refractivity contribution in [3.8, 4) is 0 Å². The highest BCUT2D eigenvalue weighted by Crippen LogP contribution is 2.68.